The van der Waals surface area contributed by atoms with Crippen molar-refractivity contribution in [2.75, 3.05) is 43.1 Å². The first-order chi connectivity index (χ1) is 9.57. The number of aliphatic imine (C=N–C) groups is 1. The molecule has 8 heteroatoms. The monoisotopic (exact) mass is 449 g/mol. The Morgan fingerprint density at radius 2 is 2.10 bits per heavy atom. The fourth-order valence-corrected chi connectivity index (χ4v) is 4.50. The zero-order valence-electron chi connectivity index (χ0n) is 12.9. The summed E-state index contributed by atoms with van der Waals surface area (Å²) in [5.41, 5.74) is 0. The fraction of sp³-hybridized carbons (Fsp3) is 0.923. The van der Waals surface area contributed by atoms with Crippen LogP contribution in [0.15, 0.2) is 4.99 Å². The number of hydrogen-bond acceptors (Lipinski definition) is 4. The molecule has 1 fully saturated rings. The Labute approximate surface area is 150 Å². The fourth-order valence-electron chi connectivity index (χ4n) is 2.16. The van der Waals surface area contributed by atoms with E-state index in [-0.39, 0.29) is 29.9 Å². The molecular weight excluding hydrogens is 421 g/mol. The summed E-state index contributed by atoms with van der Waals surface area (Å²) in [6.45, 7) is 4.36. The molecule has 1 aliphatic rings. The maximum Gasteiger partial charge on any atom is 0.191 e. The van der Waals surface area contributed by atoms with Crippen LogP contribution in [0.5, 0.6) is 0 Å². The lowest BCUT2D eigenvalue weighted by Crippen LogP contribution is -2.38. The molecule has 1 aliphatic heterocycles. The van der Waals surface area contributed by atoms with Gasteiger partial charge in [0.05, 0.1) is 11.5 Å². The summed E-state index contributed by atoms with van der Waals surface area (Å²) in [4.78, 5) is 4.50. The Morgan fingerprint density at radius 1 is 1.33 bits per heavy atom. The molecule has 1 rings (SSSR count). The Morgan fingerprint density at radius 3 is 2.67 bits per heavy atom. The van der Waals surface area contributed by atoms with Crippen LogP contribution in [0.4, 0.5) is 0 Å². The average molecular weight is 449 g/mol. The molecule has 1 heterocycles. The predicted octanol–water partition coefficient (Wildman–Crippen LogP) is 1.74. The molecule has 0 aromatic carbocycles. The molecule has 21 heavy (non-hydrogen) atoms. The number of guanidine groups is 1. The van der Waals surface area contributed by atoms with Gasteiger partial charge >= 0.3 is 0 Å². The smallest absolute Gasteiger partial charge is 0.191 e. The van der Waals surface area contributed by atoms with Crippen molar-refractivity contribution >= 4 is 51.5 Å². The zero-order chi connectivity index (χ0) is 14.8. The van der Waals surface area contributed by atoms with Crippen LogP contribution in [0.3, 0.4) is 0 Å². The van der Waals surface area contributed by atoms with Gasteiger partial charge in [-0.15, -0.1) is 24.0 Å². The van der Waals surface area contributed by atoms with Gasteiger partial charge in [0.1, 0.15) is 0 Å². The second kappa shape index (κ2) is 11.8. The maximum absolute atomic E-state index is 11.4. The number of nitrogens with one attached hydrogen (secondary N) is 2. The van der Waals surface area contributed by atoms with Crippen molar-refractivity contribution in [2.24, 2.45) is 10.9 Å². The number of thioether (sulfide) groups is 1. The van der Waals surface area contributed by atoms with Crippen LogP contribution in [0.25, 0.3) is 0 Å². The Hall–Kier alpha value is 0.300. The molecule has 0 bridgehead atoms. The van der Waals surface area contributed by atoms with Gasteiger partial charge in [0.15, 0.2) is 15.8 Å². The minimum absolute atomic E-state index is 0. The van der Waals surface area contributed by atoms with E-state index >= 15 is 0 Å². The maximum atomic E-state index is 11.4. The van der Waals surface area contributed by atoms with Crippen molar-refractivity contribution < 1.29 is 8.42 Å². The predicted molar refractivity (Wildman–Crippen MR) is 104 cm³/mol. The van der Waals surface area contributed by atoms with Crippen molar-refractivity contribution in [1.82, 2.24) is 10.6 Å². The summed E-state index contributed by atoms with van der Waals surface area (Å²) in [7, 11) is -2.80. The van der Waals surface area contributed by atoms with Gasteiger partial charge in [0.25, 0.3) is 0 Å². The van der Waals surface area contributed by atoms with Gasteiger partial charge in [-0.25, -0.2) is 8.42 Å². The third kappa shape index (κ3) is 9.83. The van der Waals surface area contributed by atoms with Crippen LogP contribution in [0.2, 0.25) is 0 Å². The largest absolute Gasteiger partial charge is 0.357 e. The molecular formula is C13H28IN3O2S2. The SMILES string of the molecule is CCNC(=NCC1CCS(=O)(=O)C1)NCCCCSC.I. The lowest BCUT2D eigenvalue weighted by atomic mass is 10.1. The van der Waals surface area contributed by atoms with Crippen molar-refractivity contribution in [3.8, 4) is 0 Å². The van der Waals surface area contributed by atoms with E-state index < -0.39 is 9.84 Å². The van der Waals surface area contributed by atoms with E-state index in [1.54, 1.807) is 0 Å². The van der Waals surface area contributed by atoms with Crippen LogP contribution in [0, 0.1) is 5.92 Å². The first-order valence-electron chi connectivity index (χ1n) is 7.29. The molecule has 0 amide bonds. The third-order valence-corrected chi connectivity index (χ3v) is 5.78. The highest BCUT2D eigenvalue weighted by Gasteiger charge is 2.27. The third-order valence-electron chi connectivity index (χ3n) is 3.25. The highest BCUT2D eigenvalue weighted by molar-refractivity contribution is 14.0. The van der Waals surface area contributed by atoms with Crippen molar-refractivity contribution in [1.29, 1.82) is 0 Å². The van der Waals surface area contributed by atoms with E-state index in [1.165, 1.54) is 12.2 Å². The molecule has 1 saturated heterocycles. The standard InChI is InChI=1S/C13H27N3O2S2.HI/c1-3-14-13(15-7-4-5-8-19-2)16-10-12-6-9-20(17,18)11-12;/h12H,3-11H2,1-2H3,(H2,14,15,16);1H. The highest BCUT2D eigenvalue weighted by Crippen LogP contribution is 2.18. The first kappa shape index (κ1) is 21.3. The lowest BCUT2D eigenvalue weighted by molar-refractivity contribution is 0.589. The van der Waals surface area contributed by atoms with Gasteiger partial charge in [0, 0.05) is 19.6 Å². The van der Waals surface area contributed by atoms with Gasteiger partial charge in [-0.05, 0) is 44.1 Å². The van der Waals surface area contributed by atoms with Gasteiger partial charge in [-0.2, -0.15) is 11.8 Å². The quantitative estimate of drug-likeness (QED) is 0.256. The summed E-state index contributed by atoms with van der Waals surface area (Å²) in [6.07, 6.45) is 5.20. The summed E-state index contributed by atoms with van der Waals surface area (Å²) in [5.74, 6) is 2.80. The van der Waals surface area contributed by atoms with Crippen molar-refractivity contribution in [3.63, 3.8) is 0 Å². The van der Waals surface area contributed by atoms with Gasteiger partial charge in [-0.1, -0.05) is 0 Å². The molecule has 5 nitrogen and oxygen atoms in total. The molecule has 0 radical (unpaired) electrons. The number of unbranched alkanes of at least 4 members (excludes halogenated alkanes) is 1. The van der Waals surface area contributed by atoms with Crippen LogP contribution < -0.4 is 10.6 Å². The second-order valence-corrected chi connectivity index (χ2v) is 8.33. The minimum atomic E-state index is -2.80. The molecule has 1 unspecified atom stereocenters. The van der Waals surface area contributed by atoms with E-state index in [9.17, 15) is 8.42 Å². The van der Waals surface area contributed by atoms with E-state index in [2.05, 4.69) is 21.9 Å². The number of hydrogen-bond donors (Lipinski definition) is 2. The number of halogens is 1. The van der Waals surface area contributed by atoms with Crippen LogP contribution >= 0.6 is 35.7 Å². The second-order valence-electron chi connectivity index (χ2n) is 5.12. The number of sulfone groups is 1. The normalized spacial score (nSPS) is 20.9. The van der Waals surface area contributed by atoms with Crippen molar-refractivity contribution in [2.45, 2.75) is 26.2 Å². The summed E-state index contributed by atoms with van der Waals surface area (Å²) in [5, 5.41) is 6.51. The molecule has 0 spiro atoms. The van der Waals surface area contributed by atoms with Crippen molar-refractivity contribution in [3.05, 3.63) is 0 Å². The minimum Gasteiger partial charge on any atom is -0.357 e. The Kier molecular flexibility index (Phi) is 12.0. The van der Waals surface area contributed by atoms with E-state index in [0.717, 1.165) is 31.9 Å². The average Bonchev–Trinajstić information content (AvgIpc) is 2.75. The van der Waals surface area contributed by atoms with Gasteiger partial charge in [0.2, 0.25) is 0 Å². The molecule has 0 saturated carbocycles. The summed E-state index contributed by atoms with van der Waals surface area (Å²) < 4.78 is 22.8. The molecule has 2 N–H and O–H groups in total. The lowest BCUT2D eigenvalue weighted by Gasteiger charge is -2.12. The number of rotatable bonds is 8. The Balaban J connectivity index is 0.00000400. The van der Waals surface area contributed by atoms with E-state index in [0.29, 0.717) is 18.1 Å². The van der Waals surface area contributed by atoms with Crippen LogP contribution in [-0.4, -0.2) is 57.5 Å². The molecule has 0 aliphatic carbocycles. The number of nitrogens with zero attached hydrogens (tertiary/aromatic N) is 1. The highest BCUT2D eigenvalue weighted by atomic mass is 127. The van der Waals surface area contributed by atoms with Gasteiger partial charge < -0.3 is 10.6 Å². The molecule has 126 valence electrons. The first-order valence-corrected chi connectivity index (χ1v) is 10.5. The molecule has 0 aromatic rings. The summed E-state index contributed by atoms with van der Waals surface area (Å²) >= 11 is 1.87. The van der Waals surface area contributed by atoms with Crippen LogP contribution in [-0.2, 0) is 9.84 Å². The Bertz CT molecular complexity index is 402. The molecule has 0 aromatic heterocycles. The summed E-state index contributed by atoms with van der Waals surface area (Å²) in [6, 6.07) is 0. The van der Waals surface area contributed by atoms with E-state index in [1.807, 2.05) is 18.7 Å². The molecule has 1 atom stereocenters. The van der Waals surface area contributed by atoms with Crippen LogP contribution in [0.1, 0.15) is 26.2 Å². The van der Waals surface area contributed by atoms with E-state index in [4.69, 9.17) is 0 Å². The zero-order valence-corrected chi connectivity index (χ0v) is 16.9. The topological polar surface area (TPSA) is 70.6 Å². The van der Waals surface area contributed by atoms with Gasteiger partial charge in [-0.3, -0.25) is 4.99 Å².